The van der Waals surface area contributed by atoms with Crippen LogP contribution < -0.4 is 5.32 Å². The maximum absolute atomic E-state index is 14.4. The zero-order valence-electron chi connectivity index (χ0n) is 13.2. The second kappa shape index (κ2) is 4.54. The minimum atomic E-state index is -0.662. The number of nitrogens with zero attached hydrogens (tertiary/aromatic N) is 1. The number of carbonyl (C=O) groups is 1. The fourth-order valence-electron chi connectivity index (χ4n) is 4.66. The lowest BCUT2D eigenvalue weighted by Gasteiger charge is -2.27. The first kappa shape index (κ1) is 14.2. The number of rotatable bonds is 2. The second-order valence-corrected chi connectivity index (χ2v) is 7.83. The molecule has 0 aromatic heterocycles. The van der Waals surface area contributed by atoms with E-state index in [2.05, 4.69) is 19.2 Å². The van der Waals surface area contributed by atoms with E-state index in [9.17, 15) is 9.18 Å². The molecule has 4 rings (SSSR count). The smallest absolute Gasteiger partial charge is 0.233 e. The number of nitrogens with one attached hydrogen (secondary N) is 1. The first-order valence-electron chi connectivity index (χ1n) is 8.21. The van der Waals surface area contributed by atoms with Crippen LogP contribution in [0.4, 0.5) is 4.39 Å². The van der Waals surface area contributed by atoms with Gasteiger partial charge in [0.1, 0.15) is 5.82 Å². The Morgan fingerprint density at radius 2 is 1.82 bits per heavy atom. The number of benzene rings is 1. The van der Waals surface area contributed by atoms with Crippen molar-refractivity contribution in [1.29, 1.82) is 0 Å². The molecule has 1 saturated carbocycles. The van der Waals surface area contributed by atoms with Crippen molar-refractivity contribution in [3.8, 4) is 0 Å². The molecule has 1 aromatic rings. The van der Waals surface area contributed by atoms with Crippen molar-refractivity contribution in [3.63, 3.8) is 0 Å². The molecule has 2 saturated heterocycles. The van der Waals surface area contributed by atoms with Gasteiger partial charge >= 0.3 is 0 Å². The standard InChI is InChI=1S/C18H23FN2O/c1-17(2)11-18(17,14-5-3-4-6-15(14)19)16(22)21-9-12-7-20-8-13(12)10-21/h3-6,12-13,20H,7-11H2,1-2H3/t12-,13+,18?. The van der Waals surface area contributed by atoms with Crippen molar-refractivity contribution in [2.75, 3.05) is 26.2 Å². The van der Waals surface area contributed by atoms with E-state index < -0.39 is 5.41 Å². The summed E-state index contributed by atoms with van der Waals surface area (Å²) in [6.45, 7) is 7.81. The van der Waals surface area contributed by atoms with Crippen LogP contribution in [0.3, 0.4) is 0 Å². The van der Waals surface area contributed by atoms with Gasteiger partial charge in [0.2, 0.25) is 5.91 Å². The van der Waals surface area contributed by atoms with Crippen LogP contribution in [0.1, 0.15) is 25.8 Å². The SMILES string of the molecule is CC1(C)CC1(C(=O)N1C[C@H]2CNC[C@H]2C1)c1ccccc1F. The number of hydrogen-bond donors (Lipinski definition) is 1. The number of amides is 1. The average molecular weight is 302 g/mol. The van der Waals surface area contributed by atoms with Gasteiger partial charge in [-0.3, -0.25) is 4.79 Å². The Bertz CT molecular complexity index is 617. The molecule has 3 nitrogen and oxygen atoms in total. The van der Waals surface area contributed by atoms with Crippen LogP contribution in [0.25, 0.3) is 0 Å². The maximum Gasteiger partial charge on any atom is 0.233 e. The number of carbonyl (C=O) groups excluding carboxylic acids is 1. The number of likely N-dealkylation sites (tertiary alicyclic amines) is 1. The summed E-state index contributed by atoms with van der Waals surface area (Å²) in [5, 5.41) is 3.40. The Morgan fingerprint density at radius 3 is 2.36 bits per heavy atom. The summed E-state index contributed by atoms with van der Waals surface area (Å²) in [6.07, 6.45) is 0.740. The van der Waals surface area contributed by atoms with Gasteiger partial charge in [0.05, 0.1) is 5.41 Å². The van der Waals surface area contributed by atoms with Crippen LogP contribution in [-0.2, 0) is 10.2 Å². The van der Waals surface area contributed by atoms with Gasteiger partial charge in [-0.1, -0.05) is 32.0 Å². The summed E-state index contributed by atoms with van der Waals surface area (Å²) >= 11 is 0. The zero-order chi connectivity index (χ0) is 15.5. The van der Waals surface area contributed by atoms with Gasteiger partial charge < -0.3 is 10.2 Å². The van der Waals surface area contributed by atoms with Gasteiger partial charge in [-0.2, -0.15) is 0 Å². The molecule has 118 valence electrons. The van der Waals surface area contributed by atoms with Crippen molar-refractivity contribution in [2.24, 2.45) is 17.3 Å². The average Bonchev–Trinajstić information content (AvgIpc) is 2.83. The number of fused-ring (bicyclic) bond motifs is 1. The fraction of sp³-hybridized carbons (Fsp3) is 0.611. The highest BCUT2D eigenvalue weighted by Crippen LogP contribution is 2.65. The third kappa shape index (κ3) is 1.79. The monoisotopic (exact) mass is 302 g/mol. The molecule has 0 radical (unpaired) electrons. The third-order valence-corrected chi connectivity index (χ3v) is 6.11. The topological polar surface area (TPSA) is 32.3 Å². The van der Waals surface area contributed by atoms with Crippen LogP contribution >= 0.6 is 0 Å². The summed E-state index contributed by atoms with van der Waals surface area (Å²) in [6, 6.07) is 6.80. The zero-order valence-corrected chi connectivity index (χ0v) is 13.2. The molecule has 1 aromatic carbocycles. The van der Waals surface area contributed by atoms with Gasteiger partial charge in [-0.15, -0.1) is 0 Å². The molecule has 0 spiro atoms. The van der Waals surface area contributed by atoms with Crippen LogP contribution in [0.15, 0.2) is 24.3 Å². The van der Waals surface area contributed by atoms with Crippen LogP contribution in [-0.4, -0.2) is 37.0 Å². The molecule has 3 aliphatic rings. The highest BCUT2D eigenvalue weighted by Gasteiger charge is 2.69. The minimum Gasteiger partial charge on any atom is -0.341 e. The molecule has 0 bridgehead atoms. The lowest BCUT2D eigenvalue weighted by Crippen LogP contribution is -2.42. The number of hydrogen-bond acceptors (Lipinski definition) is 2. The van der Waals surface area contributed by atoms with E-state index in [1.165, 1.54) is 6.07 Å². The Hall–Kier alpha value is -1.42. The predicted octanol–water partition coefficient (Wildman–Crippen LogP) is 2.17. The highest BCUT2D eigenvalue weighted by molar-refractivity contribution is 5.93. The van der Waals surface area contributed by atoms with E-state index in [0.29, 0.717) is 17.4 Å². The third-order valence-electron chi connectivity index (χ3n) is 6.11. The van der Waals surface area contributed by atoms with Crippen LogP contribution in [0.5, 0.6) is 0 Å². The molecule has 1 N–H and O–H groups in total. The van der Waals surface area contributed by atoms with Crippen molar-refractivity contribution in [3.05, 3.63) is 35.6 Å². The summed E-state index contributed by atoms with van der Waals surface area (Å²) in [4.78, 5) is 15.3. The molecule has 3 atom stereocenters. The maximum atomic E-state index is 14.4. The van der Waals surface area contributed by atoms with Crippen molar-refractivity contribution in [1.82, 2.24) is 10.2 Å². The minimum absolute atomic E-state index is 0.136. The molecule has 1 unspecified atom stereocenters. The van der Waals surface area contributed by atoms with Gasteiger partial charge in [-0.05, 0) is 29.7 Å². The first-order chi connectivity index (χ1) is 10.5. The summed E-state index contributed by atoms with van der Waals surface area (Å²) < 4.78 is 14.4. The molecular weight excluding hydrogens is 279 g/mol. The molecule has 3 fully saturated rings. The van der Waals surface area contributed by atoms with Gasteiger partial charge in [0, 0.05) is 31.7 Å². The van der Waals surface area contributed by atoms with E-state index >= 15 is 0 Å². The van der Waals surface area contributed by atoms with Crippen molar-refractivity contribution in [2.45, 2.75) is 25.7 Å². The Balaban J connectivity index is 1.67. The molecule has 1 aliphatic carbocycles. The van der Waals surface area contributed by atoms with Crippen molar-refractivity contribution >= 4 is 5.91 Å². The van der Waals surface area contributed by atoms with Gasteiger partial charge in [0.25, 0.3) is 0 Å². The molecule has 22 heavy (non-hydrogen) atoms. The lowest BCUT2D eigenvalue weighted by atomic mass is 9.86. The van der Waals surface area contributed by atoms with E-state index in [1.807, 2.05) is 11.0 Å². The van der Waals surface area contributed by atoms with Gasteiger partial charge in [-0.25, -0.2) is 4.39 Å². The van der Waals surface area contributed by atoms with Crippen LogP contribution in [0, 0.1) is 23.1 Å². The normalized spacial score (nSPS) is 35.5. The quantitative estimate of drug-likeness (QED) is 0.908. The largest absolute Gasteiger partial charge is 0.341 e. The molecular formula is C18H23FN2O. The highest BCUT2D eigenvalue weighted by atomic mass is 19.1. The van der Waals surface area contributed by atoms with Crippen molar-refractivity contribution < 1.29 is 9.18 Å². The first-order valence-corrected chi connectivity index (χ1v) is 8.21. The molecule has 2 heterocycles. The van der Waals surface area contributed by atoms with Gasteiger partial charge in [0.15, 0.2) is 0 Å². The van der Waals surface area contributed by atoms with E-state index in [-0.39, 0.29) is 17.1 Å². The molecule has 1 amide bonds. The molecule has 2 aliphatic heterocycles. The summed E-state index contributed by atoms with van der Waals surface area (Å²) in [5.74, 6) is 1.03. The summed E-state index contributed by atoms with van der Waals surface area (Å²) in [7, 11) is 0. The number of halogens is 1. The molecule has 4 heteroatoms. The van der Waals surface area contributed by atoms with E-state index in [0.717, 1.165) is 32.6 Å². The Morgan fingerprint density at radius 1 is 1.23 bits per heavy atom. The second-order valence-electron chi connectivity index (χ2n) is 7.83. The van der Waals surface area contributed by atoms with Crippen LogP contribution in [0.2, 0.25) is 0 Å². The fourth-order valence-corrected chi connectivity index (χ4v) is 4.66. The van der Waals surface area contributed by atoms with E-state index in [1.54, 1.807) is 12.1 Å². The lowest BCUT2D eigenvalue weighted by molar-refractivity contribution is -0.134. The predicted molar refractivity (Wildman–Crippen MR) is 82.9 cm³/mol. The summed E-state index contributed by atoms with van der Waals surface area (Å²) in [5.41, 5.74) is -0.243. The Kier molecular flexibility index (Phi) is 2.93. The Labute approximate surface area is 130 Å². The van der Waals surface area contributed by atoms with E-state index in [4.69, 9.17) is 0 Å².